The number of ether oxygens (including phenoxy) is 2. The molecule has 1 aromatic carbocycles. The Labute approximate surface area is 132 Å². The third-order valence-corrected chi connectivity index (χ3v) is 4.55. The SMILES string of the molecule is O=C(C1CCCCC1)N1CCOC[C@H](Oc2ccccc2)C1. The molecule has 3 rings (SSSR count). The van der Waals surface area contributed by atoms with Crippen molar-refractivity contribution in [3.8, 4) is 5.75 Å². The smallest absolute Gasteiger partial charge is 0.225 e. The van der Waals surface area contributed by atoms with Crippen LogP contribution < -0.4 is 4.74 Å². The Hall–Kier alpha value is -1.55. The molecule has 1 aromatic rings. The lowest BCUT2D eigenvalue weighted by atomic mass is 9.88. The van der Waals surface area contributed by atoms with E-state index in [4.69, 9.17) is 9.47 Å². The number of amides is 1. The van der Waals surface area contributed by atoms with Crippen molar-refractivity contribution in [2.45, 2.75) is 38.2 Å². The first kappa shape index (κ1) is 15.3. The molecule has 0 radical (unpaired) electrons. The highest BCUT2D eigenvalue weighted by atomic mass is 16.5. The van der Waals surface area contributed by atoms with E-state index < -0.39 is 0 Å². The molecule has 0 bridgehead atoms. The molecule has 1 saturated carbocycles. The molecular weight excluding hydrogens is 278 g/mol. The number of carbonyl (C=O) groups excluding carboxylic acids is 1. The number of rotatable bonds is 3. The summed E-state index contributed by atoms with van der Waals surface area (Å²) in [5.74, 6) is 1.35. The second kappa shape index (κ2) is 7.63. The molecule has 1 aliphatic heterocycles. The molecule has 0 unspecified atom stereocenters. The molecule has 1 atom stereocenters. The van der Waals surface area contributed by atoms with Crippen LogP contribution in [0.25, 0.3) is 0 Å². The highest BCUT2D eigenvalue weighted by molar-refractivity contribution is 5.79. The van der Waals surface area contributed by atoms with Crippen LogP contribution in [0, 0.1) is 5.92 Å². The van der Waals surface area contributed by atoms with Crippen LogP contribution >= 0.6 is 0 Å². The number of para-hydroxylation sites is 1. The summed E-state index contributed by atoms with van der Waals surface area (Å²) in [4.78, 5) is 14.7. The number of hydrogen-bond acceptors (Lipinski definition) is 3. The van der Waals surface area contributed by atoms with Crippen LogP contribution in [0.1, 0.15) is 32.1 Å². The van der Waals surface area contributed by atoms with Crippen molar-refractivity contribution in [2.75, 3.05) is 26.3 Å². The maximum Gasteiger partial charge on any atom is 0.225 e. The summed E-state index contributed by atoms with van der Waals surface area (Å²) in [6, 6.07) is 9.77. The van der Waals surface area contributed by atoms with Gasteiger partial charge in [-0.15, -0.1) is 0 Å². The van der Waals surface area contributed by atoms with E-state index in [0.717, 1.165) is 18.6 Å². The van der Waals surface area contributed by atoms with Gasteiger partial charge in [-0.3, -0.25) is 4.79 Å². The summed E-state index contributed by atoms with van der Waals surface area (Å²) in [6.07, 6.45) is 5.64. The van der Waals surface area contributed by atoms with Crippen LogP contribution in [0.2, 0.25) is 0 Å². The molecule has 4 nitrogen and oxygen atoms in total. The van der Waals surface area contributed by atoms with Gasteiger partial charge in [0.15, 0.2) is 0 Å². The van der Waals surface area contributed by atoms with Crippen LogP contribution in [-0.4, -0.2) is 43.2 Å². The summed E-state index contributed by atoms with van der Waals surface area (Å²) in [7, 11) is 0. The Balaban J connectivity index is 1.60. The van der Waals surface area contributed by atoms with Gasteiger partial charge < -0.3 is 14.4 Å². The Bertz CT molecular complexity index is 470. The molecule has 22 heavy (non-hydrogen) atoms. The predicted molar refractivity (Wildman–Crippen MR) is 84.8 cm³/mol. The largest absolute Gasteiger partial charge is 0.486 e. The average Bonchev–Trinajstić information content (AvgIpc) is 2.81. The third-order valence-electron chi connectivity index (χ3n) is 4.55. The molecule has 0 aromatic heterocycles. The quantitative estimate of drug-likeness (QED) is 0.862. The maximum absolute atomic E-state index is 12.7. The summed E-state index contributed by atoms with van der Waals surface area (Å²) < 4.78 is 11.6. The summed E-state index contributed by atoms with van der Waals surface area (Å²) in [6.45, 7) is 2.46. The zero-order valence-electron chi connectivity index (χ0n) is 13.1. The van der Waals surface area contributed by atoms with Gasteiger partial charge in [-0.25, -0.2) is 0 Å². The first-order valence-corrected chi connectivity index (χ1v) is 8.41. The topological polar surface area (TPSA) is 38.8 Å². The Morgan fingerprint density at radius 2 is 1.91 bits per heavy atom. The first-order chi connectivity index (χ1) is 10.8. The van der Waals surface area contributed by atoms with Crippen molar-refractivity contribution in [2.24, 2.45) is 5.92 Å². The van der Waals surface area contributed by atoms with E-state index in [-0.39, 0.29) is 12.0 Å². The summed E-state index contributed by atoms with van der Waals surface area (Å²) >= 11 is 0. The summed E-state index contributed by atoms with van der Waals surface area (Å²) in [5, 5.41) is 0. The van der Waals surface area contributed by atoms with Crippen molar-refractivity contribution < 1.29 is 14.3 Å². The molecule has 4 heteroatoms. The van der Waals surface area contributed by atoms with Crippen LogP contribution in [0.15, 0.2) is 30.3 Å². The average molecular weight is 303 g/mol. The highest BCUT2D eigenvalue weighted by Gasteiger charge is 2.29. The molecule has 0 spiro atoms. The molecule has 1 amide bonds. The second-order valence-electron chi connectivity index (χ2n) is 6.25. The molecule has 1 aliphatic carbocycles. The van der Waals surface area contributed by atoms with Crippen LogP contribution in [-0.2, 0) is 9.53 Å². The monoisotopic (exact) mass is 303 g/mol. The van der Waals surface area contributed by atoms with Gasteiger partial charge >= 0.3 is 0 Å². The predicted octanol–water partition coefficient (Wildman–Crippen LogP) is 2.87. The lowest BCUT2D eigenvalue weighted by Crippen LogP contribution is -2.43. The minimum atomic E-state index is -0.0857. The highest BCUT2D eigenvalue weighted by Crippen LogP contribution is 2.26. The second-order valence-corrected chi connectivity index (χ2v) is 6.25. The van der Waals surface area contributed by atoms with Crippen molar-refractivity contribution >= 4 is 5.91 Å². The van der Waals surface area contributed by atoms with E-state index in [9.17, 15) is 4.79 Å². The minimum absolute atomic E-state index is 0.0857. The van der Waals surface area contributed by atoms with Gasteiger partial charge in [0.2, 0.25) is 5.91 Å². The number of benzene rings is 1. The van der Waals surface area contributed by atoms with Gasteiger partial charge in [0.05, 0.1) is 19.8 Å². The number of hydrogen-bond donors (Lipinski definition) is 0. The molecule has 2 aliphatic rings. The maximum atomic E-state index is 12.7. The van der Waals surface area contributed by atoms with Crippen molar-refractivity contribution in [3.63, 3.8) is 0 Å². The molecule has 1 heterocycles. The lowest BCUT2D eigenvalue weighted by molar-refractivity contribution is -0.137. The molecule has 120 valence electrons. The summed E-state index contributed by atoms with van der Waals surface area (Å²) in [5.41, 5.74) is 0. The zero-order valence-corrected chi connectivity index (χ0v) is 13.1. The van der Waals surface area contributed by atoms with Gasteiger partial charge in [0, 0.05) is 12.5 Å². The molecule has 1 saturated heterocycles. The van der Waals surface area contributed by atoms with Crippen LogP contribution in [0.5, 0.6) is 5.75 Å². The lowest BCUT2D eigenvalue weighted by Gasteiger charge is -2.29. The van der Waals surface area contributed by atoms with Crippen LogP contribution in [0.4, 0.5) is 0 Å². The van der Waals surface area contributed by atoms with E-state index in [2.05, 4.69) is 0 Å². The normalized spacial score (nSPS) is 23.8. The number of nitrogens with zero attached hydrogens (tertiary/aromatic N) is 1. The van der Waals surface area contributed by atoms with Crippen molar-refractivity contribution in [1.29, 1.82) is 0 Å². The van der Waals surface area contributed by atoms with Gasteiger partial charge in [0.1, 0.15) is 11.9 Å². The van der Waals surface area contributed by atoms with Gasteiger partial charge in [-0.1, -0.05) is 37.5 Å². The fourth-order valence-electron chi connectivity index (χ4n) is 3.35. The fraction of sp³-hybridized carbons (Fsp3) is 0.611. The van der Waals surface area contributed by atoms with E-state index in [1.165, 1.54) is 19.3 Å². The van der Waals surface area contributed by atoms with E-state index >= 15 is 0 Å². The van der Waals surface area contributed by atoms with Gasteiger partial charge in [-0.2, -0.15) is 0 Å². The number of carbonyl (C=O) groups is 1. The van der Waals surface area contributed by atoms with E-state index in [0.29, 0.717) is 32.2 Å². The Morgan fingerprint density at radius 1 is 1.14 bits per heavy atom. The van der Waals surface area contributed by atoms with Crippen LogP contribution in [0.3, 0.4) is 0 Å². The van der Waals surface area contributed by atoms with Crippen molar-refractivity contribution in [1.82, 2.24) is 4.90 Å². The molecule has 2 fully saturated rings. The first-order valence-electron chi connectivity index (χ1n) is 8.41. The minimum Gasteiger partial charge on any atom is -0.486 e. The molecule has 0 N–H and O–H groups in total. The zero-order chi connectivity index (χ0) is 15.2. The molecular formula is C18H25NO3. The van der Waals surface area contributed by atoms with Crippen molar-refractivity contribution in [3.05, 3.63) is 30.3 Å². The van der Waals surface area contributed by atoms with E-state index in [1.807, 2.05) is 35.2 Å². The Morgan fingerprint density at radius 3 is 2.68 bits per heavy atom. The standard InChI is InChI=1S/C18H25NO3/c20-18(15-7-3-1-4-8-15)19-11-12-21-14-17(13-19)22-16-9-5-2-6-10-16/h2,5-6,9-10,15,17H,1,3-4,7-8,11-14H2/t17-/m1/s1. The van der Waals surface area contributed by atoms with Gasteiger partial charge in [-0.05, 0) is 25.0 Å². The third kappa shape index (κ3) is 4.01. The Kier molecular flexibility index (Phi) is 5.33. The van der Waals surface area contributed by atoms with Gasteiger partial charge in [0.25, 0.3) is 0 Å². The fourth-order valence-corrected chi connectivity index (χ4v) is 3.35. The van der Waals surface area contributed by atoms with E-state index in [1.54, 1.807) is 0 Å².